The van der Waals surface area contributed by atoms with Gasteiger partial charge in [0.15, 0.2) is 0 Å². The lowest BCUT2D eigenvalue weighted by molar-refractivity contribution is -0.169. The van der Waals surface area contributed by atoms with Crippen LogP contribution < -0.4 is 0 Å². The molecule has 2 rings (SSSR count). The Morgan fingerprint density at radius 3 is 2.41 bits per heavy atom. The lowest BCUT2D eigenvalue weighted by Gasteiger charge is -2.23. The maximum absolute atomic E-state index is 13.5. The Kier molecular flexibility index (Phi) is 10.8. The summed E-state index contributed by atoms with van der Waals surface area (Å²) in [6, 6.07) is 13.7. The molecular formula is C29H37NO4. The van der Waals surface area contributed by atoms with Gasteiger partial charge in [-0.3, -0.25) is 9.63 Å². The smallest absolute Gasteiger partial charge is 0.339 e. The molecule has 0 radical (unpaired) electrons. The molecule has 0 heterocycles. The van der Waals surface area contributed by atoms with E-state index >= 15 is 0 Å². The molecule has 0 fully saturated rings. The van der Waals surface area contributed by atoms with Crippen LogP contribution in [0.3, 0.4) is 0 Å². The van der Waals surface area contributed by atoms with Crippen LogP contribution in [-0.2, 0) is 20.8 Å². The Hall–Kier alpha value is -3.18. The molecule has 0 spiro atoms. The first-order valence-electron chi connectivity index (χ1n) is 11.7. The van der Waals surface area contributed by atoms with Crippen molar-refractivity contribution in [3.63, 3.8) is 0 Å². The molecule has 2 atom stereocenters. The summed E-state index contributed by atoms with van der Waals surface area (Å²) in [6.45, 7) is 11.6. The summed E-state index contributed by atoms with van der Waals surface area (Å²) in [4.78, 5) is 31.1. The van der Waals surface area contributed by atoms with Gasteiger partial charge >= 0.3 is 5.97 Å². The van der Waals surface area contributed by atoms with Crippen molar-refractivity contribution in [3.8, 4) is 0 Å². The lowest BCUT2D eigenvalue weighted by Crippen LogP contribution is -2.28. The predicted octanol–water partition coefficient (Wildman–Crippen LogP) is 6.31. The number of nitrogens with zero attached hydrogens (tertiary/aromatic N) is 1. The van der Waals surface area contributed by atoms with Gasteiger partial charge in [-0.25, -0.2) is 9.86 Å². The monoisotopic (exact) mass is 463 g/mol. The van der Waals surface area contributed by atoms with Gasteiger partial charge in [0.25, 0.3) is 0 Å². The molecule has 0 aliphatic heterocycles. The van der Waals surface area contributed by atoms with Gasteiger partial charge in [-0.1, -0.05) is 60.2 Å². The van der Waals surface area contributed by atoms with Crippen LogP contribution in [0.4, 0.5) is 0 Å². The molecule has 0 bridgehead atoms. The number of ether oxygens (including phenoxy) is 1. The number of allylic oxidation sites excluding steroid dienone is 1. The molecule has 5 heteroatoms. The number of hydrogen-bond acceptors (Lipinski definition) is 4. The van der Waals surface area contributed by atoms with Crippen LogP contribution in [-0.4, -0.2) is 31.1 Å². The summed E-state index contributed by atoms with van der Waals surface area (Å²) < 4.78 is 6.00. The van der Waals surface area contributed by atoms with E-state index in [2.05, 4.69) is 13.2 Å². The average Bonchev–Trinajstić information content (AvgIpc) is 2.81. The average molecular weight is 464 g/mol. The first kappa shape index (κ1) is 27.1. The normalized spacial score (nSPS) is 12.5. The number of hydroxylamine groups is 2. The molecule has 0 saturated carbocycles. The molecule has 182 valence electrons. The zero-order valence-corrected chi connectivity index (χ0v) is 20.9. The fraction of sp³-hybridized carbons (Fsp3) is 0.379. The minimum absolute atomic E-state index is 0.0361. The number of rotatable bonds is 13. The molecule has 0 aliphatic carbocycles. The molecule has 0 saturated heterocycles. The van der Waals surface area contributed by atoms with Gasteiger partial charge in [-0.2, -0.15) is 0 Å². The highest BCUT2D eigenvalue weighted by Crippen LogP contribution is 2.29. The number of benzene rings is 2. The van der Waals surface area contributed by atoms with Crippen molar-refractivity contribution in [3.05, 3.63) is 95.6 Å². The van der Waals surface area contributed by atoms with Crippen molar-refractivity contribution in [1.29, 1.82) is 0 Å². The van der Waals surface area contributed by atoms with E-state index in [-0.39, 0.29) is 17.8 Å². The minimum Gasteiger partial charge on any atom is -0.454 e. The van der Waals surface area contributed by atoms with E-state index in [0.29, 0.717) is 24.8 Å². The molecule has 0 aliphatic rings. The SMILES string of the molecule is C=CCCC(CC(=O)N(C)OC)Cc1cc(C)cc(C)c1C(=O)O[C@@H](CC=C)c1ccccc1. The van der Waals surface area contributed by atoms with Crippen molar-refractivity contribution >= 4 is 11.9 Å². The molecular weight excluding hydrogens is 426 g/mol. The summed E-state index contributed by atoms with van der Waals surface area (Å²) in [7, 11) is 3.08. The van der Waals surface area contributed by atoms with Crippen molar-refractivity contribution < 1.29 is 19.2 Å². The predicted molar refractivity (Wildman–Crippen MR) is 136 cm³/mol. The van der Waals surface area contributed by atoms with Gasteiger partial charge in [-0.05, 0) is 55.7 Å². The van der Waals surface area contributed by atoms with Crippen molar-refractivity contribution in [1.82, 2.24) is 5.06 Å². The Balaban J connectivity index is 2.35. The minimum atomic E-state index is -0.409. The maximum Gasteiger partial charge on any atom is 0.339 e. The van der Waals surface area contributed by atoms with Gasteiger partial charge < -0.3 is 4.74 Å². The van der Waals surface area contributed by atoms with Gasteiger partial charge in [-0.15, -0.1) is 13.2 Å². The van der Waals surface area contributed by atoms with Crippen molar-refractivity contribution in [2.45, 2.75) is 52.1 Å². The number of hydrogen-bond donors (Lipinski definition) is 0. The number of carbonyl (C=O) groups is 2. The molecule has 34 heavy (non-hydrogen) atoms. The molecule has 0 aromatic heterocycles. The fourth-order valence-electron chi connectivity index (χ4n) is 4.19. The molecule has 2 aromatic rings. The van der Waals surface area contributed by atoms with E-state index in [4.69, 9.17) is 9.57 Å². The second kappa shape index (κ2) is 13.5. The van der Waals surface area contributed by atoms with Crippen LogP contribution in [0.2, 0.25) is 0 Å². The number of esters is 1. The summed E-state index contributed by atoms with van der Waals surface area (Å²) in [6.07, 6.45) is 6.21. The van der Waals surface area contributed by atoms with Crippen molar-refractivity contribution in [2.24, 2.45) is 5.92 Å². The third-order valence-corrected chi connectivity index (χ3v) is 5.94. The first-order valence-corrected chi connectivity index (χ1v) is 11.7. The molecule has 1 amide bonds. The van der Waals surface area contributed by atoms with E-state index in [1.54, 1.807) is 13.1 Å². The Bertz CT molecular complexity index is 983. The van der Waals surface area contributed by atoms with E-state index in [0.717, 1.165) is 35.1 Å². The highest BCUT2D eigenvalue weighted by molar-refractivity contribution is 5.93. The second-order valence-corrected chi connectivity index (χ2v) is 8.66. The molecule has 2 aromatic carbocycles. The third kappa shape index (κ3) is 7.70. The quantitative estimate of drug-likeness (QED) is 0.198. The van der Waals surface area contributed by atoms with Crippen LogP contribution in [0.25, 0.3) is 0 Å². The van der Waals surface area contributed by atoms with E-state index < -0.39 is 6.10 Å². The van der Waals surface area contributed by atoms with Gasteiger partial charge in [0.2, 0.25) is 5.91 Å². The van der Waals surface area contributed by atoms with Crippen LogP contribution in [0.5, 0.6) is 0 Å². The van der Waals surface area contributed by atoms with E-state index in [1.165, 1.54) is 12.2 Å². The van der Waals surface area contributed by atoms with Gasteiger partial charge in [0.05, 0.1) is 12.7 Å². The van der Waals surface area contributed by atoms with E-state index in [9.17, 15) is 9.59 Å². The number of aryl methyl sites for hydroxylation is 2. The summed E-state index contributed by atoms with van der Waals surface area (Å²) >= 11 is 0. The third-order valence-electron chi connectivity index (χ3n) is 5.94. The van der Waals surface area contributed by atoms with E-state index in [1.807, 2.05) is 62.4 Å². The molecule has 5 nitrogen and oxygen atoms in total. The zero-order chi connectivity index (χ0) is 25.1. The summed E-state index contributed by atoms with van der Waals surface area (Å²) in [5.74, 6) is -0.417. The summed E-state index contributed by atoms with van der Waals surface area (Å²) in [5, 5.41) is 1.25. The van der Waals surface area contributed by atoms with Crippen LogP contribution in [0, 0.1) is 19.8 Å². The topological polar surface area (TPSA) is 55.8 Å². The fourth-order valence-corrected chi connectivity index (χ4v) is 4.19. The molecule has 0 N–H and O–H groups in total. The highest BCUT2D eigenvalue weighted by Gasteiger charge is 2.24. The van der Waals surface area contributed by atoms with Crippen LogP contribution >= 0.6 is 0 Å². The second-order valence-electron chi connectivity index (χ2n) is 8.66. The summed E-state index contributed by atoms with van der Waals surface area (Å²) in [5.41, 5.74) is 4.34. The van der Waals surface area contributed by atoms with Gasteiger partial charge in [0, 0.05) is 19.9 Å². The standard InChI is InChI=1S/C29H37NO4/c1-7-9-14-23(20-27(31)30(5)33-6)19-25-18-21(3)17-22(4)28(25)29(32)34-26(13-8-2)24-15-11-10-12-16-24/h7-8,10-12,15-18,23,26H,1-2,9,13-14,19-20H2,3-6H3/t23?,26-/m0/s1. The van der Waals surface area contributed by atoms with Gasteiger partial charge in [0.1, 0.15) is 6.10 Å². The first-order chi connectivity index (χ1) is 16.3. The maximum atomic E-state index is 13.5. The number of carbonyl (C=O) groups excluding carboxylic acids is 2. The zero-order valence-electron chi connectivity index (χ0n) is 20.9. The van der Waals surface area contributed by atoms with Crippen LogP contribution in [0.1, 0.15) is 64.4 Å². The Morgan fingerprint density at radius 2 is 1.79 bits per heavy atom. The van der Waals surface area contributed by atoms with Crippen molar-refractivity contribution in [2.75, 3.05) is 14.2 Å². The highest BCUT2D eigenvalue weighted by atomic mass is 16.7. The largest absolute Gasteiger partial charge is 0.454 e. The Morgan fingerprint density at radius 1 is 1.09 bits per heavy atom. The molecule has 1 unspecified atom stereocenters. The Labute approximate surface area is 204 Å². The van der Waals surface area contributed by atoms with Crippen LogP contribution in [0.15, 0.2) is 67.8 Å². The number of amides is 1. The lowest BCUT2D eigenvalue weighted by atomic mass is 9.87.